The molecule has 0 fully saturated rings. The zero-order chi connectivity index (χ0) is 13.9. The van der Waals surface area contributed by atoms with Gasteiger partial charge in [-0.3, -0.25) is 0 Å². The second-order valence-electron chi connectivity index (χ2n) is 3.76. The van der Waals surface area contributed by atoms with Gasteiger partial charge in [0.1, 0.15) is 11.6 Å². The topological polar surface area (TPSA) is 35.2 Å². The van der Waals surface area contributed by atoms with Crippen molar-refractivity contribution in [1.82, 2.24) is 0 Å². The zero-order valence-electron chi connectivity index (χ0n) is 9.47. The van der Waals surface area contributed by atoms with E-state index in [9.17, 15) is 17.6 Å². The van der Waals surface area contributed by atoms with Crippen LogP contribution in [0.1, 0.15) is 13.3 Å². The lowest BCUT2D eigenvalue weighted by Crippen LogP contribution is -2.48. The Hall–Kier alpha value is -0.820. The molecule has 1 aromatic carbocycles. The minimum absolute atomic E-state index is 0.0979. The van der Waals surface area contributed by atoms with Gasteiger partial charge in [-0.2, -0.15) is 13.2 Å². The Balaban J connectivity index is 2.96. The highest BCUT2D eigenvalue weighted by Crippen LogP contribution is 2.29. The predicted octanol–water partition coefficient (Wildman–Crippen LogP) is 3.64. The van der Waals surface area contributed by atoms with Crippen molar-refractivity contribution in [2.24, 2.45) is 5.73 Å². The maximum atomic E-state index is 13.0. The molecule has 0 radical (unpaired) electrons. The molecule has 2 nitrogen and oxygen atoms in total. The number of rotatable bonds is 4. The van der Waals surface area contributed by atoms with Gasteiger partial charge < -0.3 is 10.5 Å². The first kappa shape index (κ1) is 15.2. The van der Waals surface area contributed by atoms with Gasteiger partial charge in [0.25, 0.3) is 0 Å². The first-order chi connectivity index (χ1) is 8.24. The average Bonchev–Trinajstić information content (AvgIpc) is 2.22. The second kappa shape index (κ2) is 5.88. The highest BCUT2D eigenvalue weighted by Gasteiger charge is 2.45. The van der Waals surface area contributed by atoms with Crippen molar-refractivity contribution in [2.75, 3.05) is 0 Å². The third-order valence-electron chi connectivity index (χ3n) is 2.28. The van der Waals surface area contributed by atoms with Gasteiger partial charge in [0.05, 0.1) is 6.04 Å². The summed E-state index contributed by atoms with van der Waals surface area (Å²) in [7, 11) is 0. The molecule has 0 spiro atoms. The van der Waals surface area contributed by atoms with Crippen molar-refractivity contribution >= 4 is 15.9 Å². The molecule has 18 heavy (non-hydrogen) atoms. The van der Waals surface area contributed by atoms with E-state index >= 15 is 0 Å². The van der Waals surface area contributed by atoms with Crippen LogP contribution in [0, 0.1) is 5.82 Å². The molecule has 2 atom stereocenters. The highest BCUT2D eigenvalue weighted by atomic mass is 79.9. The van der Waals surface area contributed by atoms with Crippen LogP contribution in [0.4, 0.5) is 17.6 Å². The molecular weight excluding hydrogens is 318 g/mol. The van der Waals surface area contributed by atoms with Gasteiger partial charge >= 0.3 is 6.18 Å². The summed E-state index contributed by atoms with van der Waals surface area (Å²) in [4.78, 5) is 0. The van der Waals surface area contributed by atoms with Crippen molar-refractivity contribution in [2.45, 2.75) is 31.7 Å². The van der Waals surface area contributed by atoms with E-state index in [2.05, 4.69) is 15.9 Å². The van der Waals surface area contributed by atoms with Crippen molar-refractivity contribution in [3.8, 4) is 5.75 Å². The van der Waals surface area contributed by atoms with Crippen LogP contribution < -0.4 is 10.5 Å². The molecule has 1 aromatic rings. The molecule has 0 aliphatic heterocycles. The quantitative estimate of drug-likeness (QED) is 0.856. The molecule has 0 aliphatic rings. The maximum Gasteiger partial charge on any atom is 0.426 e. The van der Waals surface area contributed by atoms with Crippen LogP contribution in [0.3, 0.4) is 0 Å². The van der Waals surface area contributed by atoms with E-state index in [1.165, 1.54) is 13.0 Å². The normalized spacial score (nSPS) is 15.3. The summed E-state index contributed by atoms with van der Waals surface area (Å²) in [5.74, 6) is -0.904. The minimum atomic E-state index is -4.60. The summed E-state index contributed by atoms with van der Waals surface area (Å²) < 4.78 is 56.3. The van der Waals surface area contributed by atoms with Crippen molar-refractivity contribution in [3.63, 3.8) is 0 Å². The fourth-order valence-electron chi connectivity index (χ4n) is 1.35. The van der Waals surface area contributed by atoms with Crippen LogP contribution >= 0.6 is 15.9 Å². The SMILES string of the molecule is CCC(N)C(Oc1cc(F)cc(Br)c1)C(F)(F)F. The number of alkyl halides is 3. The number of hydrogen-bond donors (Lipinski definition) is 1. The van der Waals surface area contributed by atoms with Gasteiger partial charge in [0.15, 0.2) is 0 Å². The number of ether oxygens (including phenoxy) is 1. The van der Waals surface area contributed by atoms with Crippen molar-refractivity contribution in [1.29, 1.82) is 0 Å². The van der Waals surface area contributed by atoms with Gasteiger partial charge in [0, 0.05) is 10.5 Å². The van der Waals surface area contributed by atoms with Gasteiger partial charge in [-0.1, -0.05) is 22.9 Å². The molecule has 0 aromatic heterocycles. The number of hydrogen-bond acceptors (Lipinski definition) is 2. The van der Waals surface area contributed by atoms with Gasteiger partial charge in [-0.15, -0.1) is 0 Å². The summed E-state index contributed by atoms with van der Waals surface area (Å²) >= 11 is 2.97. The van der Waals surface area contributed by atoms with Crippen LogP contribution in [0.25, 0.3) is 0 Å². The van der Waals surface area contributed by atoms with E-state index in [1.807, 2.05) is 0 Å². The zero-order valence-corrected chi connectivity index (χ0v) is 11.1. The first-order valence-corrected chi connectivity index (χ1v) is 5.98. The van der Waals surface area contributed by atoms with E-state index in [-0.39, 0.29) is 12.2 Å². The van der Waals surface area contributed by atoms with E-state index in [1.54, 1.807) is 0 Å². The van der Waals surface area contributed by atoms with Gasteiger partial charge in [0.2, 0.25) is 6.10 Å². The Kier molecular flexibility index (Phi) is 4.98. The van der Waals surface area contributed by atoms with Crippen LogP contribution in [-0.2, 0) is 0 Å². The van der Waals surface area contributed by atoms with Gasteiger partial charge in [-0.25, -0.2) is 4.39 Å². The Morgan fingerprint density at radius 3 is 2.39 bits per heavy atom. The Bertz CT molecular complexity index is 390. The smallest absolute Gasteiger partial charge is 0.426 e. The summed E-state index contributed by atoms with van der Waals surface area (Å²) in [6.45, 7) is 1.52. The van der Waals surface area contributed by atoms with Crippen LogP contribution in [0.2, 0.25) is 0 Å². The summed E-state index contributed by atoms with van der Waals surface area (Å²) in [5.41, 5.74) is 5.38. The molecule has 0 aliphatic carbocycles. The largest absolute Gasteiger partial charge is 0.479 e. The molecule has 102 valence electrons. The lowest BCUT2D eigenvalue weighted by Gasteiger charge is -2.26. The van der Waals surface area contributed by atoms with E-state index < -0.39 is 24.1 Å². The van der Waals surface area contributed by atoms with Crippen molar-refractivity contribution < 1.29 is 22.3 Å². The molecule has 0 bridgehead atoms. The molecule has 0 saturated carbocycles. The molecule has 0 saturated heterocycles. The minimum Gasteiger partial charge on any atom is -0.479 e. The first-order valence-electron chi connectivity index (χ1n) is 5.19. The molecule has 2 unspecified atom stereocenters. The van der Waals surface area contributed by atoms with Crippen LogP contribution in [0.15, 0.2) is 22.7 Å². The van der Waals surface area contributed by atoms with Crippen LogP contribution in [0.5, 0.6) is 5.75 Å². The summed E-state index contributed by atoms with van der Waals surface area (Å²) in [6, 6.07) is 2.05. The summed E-state index contributed by atoms with van der Waals surface area (Å²) in [5, 5.41) is 0. The van der Waals surface area contributed by atoms with E-state index in [4.69, 9.17) is 10.5 Å². The predicted molar refractivity (Wildman–Crippen MR) is 62.8 cm³/mol. The monoisotopic (exact) mass is 329 g/mol. The number of halogens is 5. The number of benzene rings is 1. The number of nitrogens with two attached hydrogens (primary N) is 1. The third-order valence-corrected chi connectivity index (χ3v) is 2.74. The third kappa shape index (κ3) is 4.13. The van der Waals surface area contributed by atoms with E-state index in [0.717, 1.165) is 12.1 Å². The fraction of sp³-hybridized carbons (Fsp3) is 0.455. The second-order valence-corrected chi connectivity index (χ2v) is 4.67. The Morgan fingerprint density at radius 2 is 1.94 bits per heavy atom. The van der Waals surface area contributed by atoms with Crippen LogP contribution in [-0.4, -0.2) is 18.3 Å². The molecular formula is C11H12BrF4NO. The lowest BCUT2D eigenvalue weighted by atomic mass is 10.1. The average molecular weight is 330 g/mol. The highest BCUT2D eigenvalue weighted by molar-refractivity contribution is 9.10. The van der Waals surface area contributed by atoms with E-state index in [0.29, 0.717) is 4.47 Å². The Morgan fingerprint density at radius 1 is 1.33 bits per heavy atom. The molecule has 2 N–H and O–H groups in total. The fourth-order valence-corrected chi connectivity index (χ4v) is 1.80. The standard InChI is InChI=1S/C11H12BrF4NO/c1-2-9(17)10(11(14,15)16)18-8-4-6(12)3-7(13)5-8/h3-5,9-10H,2,17H2,1H3. The summed E-state index contributed by atoms with van der Waals surface area (Å²) in [6.07, 6.45) is -6.66. The molecule has 0 amide bonds. The molecule has 1 rings (SSSR count). The Labute approximate surface area is 110 Å². The lowest BCUT2D eigenvalue weighted by molar-refractivity contribution is -0.200. The van der Waals surface area contributed by atoms with Gasteiger partial charge in [-0.05, 0) is 18.6 Å². The molecule has 7 heteroatoms. The van der Waals surface area contributed by atoms with Crippen molar-refractivity contribution in [3.05, 3.63) is 28.5 Å². The molecule has 0 heterocycles. The maximum absolute atomic E-state index is 13.0.